The number of aromatic carboxylic acids is 1. The van der Waals surface area contributed by atoms with Crippen molar-refractivity contribution < 1.29 is 14.7 Å². The number of aromatic nitrogens is 1. The van der Waals surface area contributed by atoms with Gasteiger partial charge < -0.3 is 15.3 Å². The number of pyridine rings is 1. The van der Waals surface area contributed by atoms with Gasteiger partial charge in [0.1, 0.15) is 5.69 Å². The fourth-order valence-electron chi connectivity index (χ4n) is 2.51. The van der Waals surface area contributed by atoms with Crippen LogP contribution >= 0.6 is 0 Å². The number of nitrogens with zero attached hydrogens (tertiary/aromatic N) is 2. The van der Waals surface area contributed by atoms with Gasteiger partial charge in [0, 0.05) is 13.1 Å². The van der Waals surface area contributed by atoms with Crippen molar-refractivity contribution in [3.63, 3.8) is 0 Å². The van der Waals surface area contributed by atoms with Crippen molar-refractivity contribution in [2.75, 3.05) is 26.2 Å². The number of carboxylic acids is 1. The van der Waals surface area contributed by atoms with Gasteiger partial charge in [0.15, 0.2) is 0 Å². The first kappa shape index (κ1) is 15.4. The number of nitrogens with one attached hydrogen (secondary N) is 1. The van der Waals surface area contributed by atoms with Crippen molar-refractivity contribution in [2.45, 2.75) is 26.2 Å². The lowest BCUT2D eigenvalue weighted by Gasteiger charge is -2.26. The first-order valence-corrected chi connectivity index (χ1v) is 7.29. The van der Waals surface area contributed by atoms with Crippen LogP contribution < -0.4 is 5.32 Å². The first-order valence-electron chi connectivity index (χ1n) is 7.29. The fourth-order valence-corrected chi connectivity index (χ4v) is 2.51. The molecular formula is C15H21N3O3. The lowest BCUT2D eigenvalue weighted by Crippen LogP contribution is -2.37. The van der Waals surface area contributed by atoms with Crippen molar-refractivity contribution in [2.24, 2.45) is 0 Å². The third-order valence-corrected chi connectivity index (χ3v) is 3.71. The molecule has 0 bridgehead atoms. The summed E-state index contributed by atoms with van der Waals surface area (Å²) in [6.07, 6.45) is 3.75. The second-order valence-electron chi connectivity index (χ2n) is 5.29. The summed E-state index contributed by atoms with van der Waals surface area (Å²) in [6.45, 7) is 5.22. The second kappa shape index (κ2) is 7.17. The van der Waals surface area contributed by atoms with Crippen LogP contribution in [-0.4, -0.2) is 53.0 Å². The Bertz CT molecular complexity index is 525. The summed E-state index contributed by atoms with van der Waals surface area (Å²) in [4.78, 5) is 29.3. The number of carbonyl (C=O) groups is 2. The molecule has 0 aliphatic carbocycles. The average molecular weight is 291 g/mol. The Morgan fingerprint density at radius 2 is 2.00 bits per heavy atom. The molecule has 1 aromatic rings. The van der Waals surface area contributed by atoms with E-state index in [1.54, 1.807) is 6.92 Å². The van der Waals surface area contributed by atoms with Crippen LogP contribution in [0.15, 0.2) is 12.1 Å². The van der Waals surface area contributed by atoms with E-state index in [0.29, 0.717) is 12.2 Å². The molecule has 114 valence electrons. The Hall–Kier alpha value is -1.95. The van der Waals surface area contributed by atoms with Crippen LogP contribution in [0.25, 0.3) is 0 Å². The van der Waals surface area contributed by atoms with Crippen molar-refractivity contribution in [3.05, 3.63) is 29.1 Å². The van der Waals surface area contributed by atoms with Gasteiger partial charge in [0.25, 0.3) is 5.91 Å². The van der Waals surface area contributed by atoms with Crippen LogP contribution in [0.3, 0.4) is 0 Å². The number of hydrogen-bond donors (Lipinski definition) is 2. The van der Waals surface area contributed by atoms with Gasteiger partial charge >= 0.3 is 5.97 Å². The van der Waals surface area contributed by atoms with Gasteiger partial charge in [-0.05, 0) is 45.0 Å². The van der Waals surface area contributed by atoms with Gasteiger partial charge in [-0.25, -0.2) is 9.78 Å². The SMILES string of the molecule is Cc1nc(C(=O)NCCN2CCCCC2)ccc1C(=O)O. The highest BCUT2D eigenvalue weighted by Crippen LogP contribution is 2.08. The van der Waals surface area contributed by atoms with E-state index >= 15 is 0 Å². The van der Waals surface area contributed by atoms with Gasteiger partial charge in [-0.1, -0.05) is 6.42 Å². The lowest BCUT2D eigenvalue weighted by molar-refractivity contribution is 0.0694. The van der Waals surface area contributed by atoms with Crippen LogP contribution in [0.1, 0.15) is 45.8 Å². The molecule has 0 unspecified atom stereocenters. The Kier molecular flexibility index (Phi) is 5.27. The van der Waals surface area contributed by atoms with Gasteiger partial charge in [-0.3, -0.25) is 4.79 Å². The molecule has 1 amide bonds. The average Bonchev–Trinajstić information content (AvgIpc) is 2.47. The topological polar surface area (TPSA) is 82.5 Å². The van der Waals surface area contributed by atoms with E-state index in [1.807, 2.05) is 0 Å². The summed E-state index contributed by atoms with van der Waals surface area (Å²) in [5, 5.41) is 11.8. The summed E-state index contributed by atoms with van der Waals surface area (Å²) in [7, 11) is 0. The molecule has 6 heteroatoms. The maximum atomic E-state index is 12.0. The van der Waals surface area contributed by atoms with E-state index in [4.69, 9.17) is 5.11 Å². The molecule has 1 saturated heterocycles. The summed E-state index contributed by atoms with van der Waals surface area (Å²) in [5.74, 6) is -1.29. The molecule has 6 nitrogen and oxygen atoms in total. The Morgan fingerprint density at radius 3 is 2.62 bits per heavy atom. The molecule has 1 aliphatic rings. The lowest BCUT2D eigenvalue weighted by atomic mass is 10.1. The Balaban J connectivity index is 1.85. The molecule has 2 N–H and O–H groups in total. The Morgan fingerprint density at radius 1 is 1.29 bits per heavy atom. The number of carbonyl (C=O) groups excluding carboxylic acids is 1. The molecule has 0 atom stereocenters. The minimum Gasteiger partial charge on any atom is -0.478 e. The third kappa shape index (κ3) is 4.26. The zero-order valence-corrected chi connectivity index (χ0v) is 12.3. The Labute approximate surface area is 124 Å². The number of piperidine rings is 1. The van der Waals surface area contributed by atoms with E-state index in [1.165, 1.54) is 31.4 Å². The van der Waals surface area contributed by atoms with Gasteiger partial charge in [-0.15, -0.1) is 0 Å². The molecule has 2 heterocycles. The van der Waals surface area contributed by atoms with E-state index in [9.17, 15) is 9.59 Å². The summed E-state index contributed by atoms with van der Waals surface area (Å²) >= 11 is 0. The summed E-state index contributed by atoms with van der Waals surface area (Å²) in [6, 6.07) is 2.87. The standard InChI is InChI=1S/C15H21N3O3/c1-11-12(15(20)21)5-6-13(17-11)14(19)16-7-10-18-8-3-2-4-9-18/h5-6H,2-4,7-10H2,1H3,(H,16,19)(H,20,21). The van der Waals surface area contributed by atoms with Gasteiger partial charge in [0.2, 0.25) is 0 Å². The van der Waals surface area contributed by atoms with E-state index in [-0.39, 0.29) is 17.2 Å². The molecule has 0 aromatic carbocycles. The molecule has 1 aromatic heterocycles. The van der Waals surface area contributed by atoms with Crippen LogP contribution in [0, 0.1) is 6.92 Å². The highest BCUT2D eigenvalue weighted by Gasteiger charge is 2.14. The van der Waals surface area contributed by atoms with Gasteiger partial charge in [-0.2, -0.15) is 0 Å². The zero-order chi connectivity index (χ0) is 15.2. The van der Waals surface area contributed by atoms with Gasteiger partial charge in [0.05, 0.1) is 11.3 Å². The molecule has 1 aliphatic heterocycles. The number of hydrogen-bond acceptors (Lipinski definition) is 4. The molecule has 21 heavy (non-hydrogen) atoms. The fraction of sp³-hybridized carbons (Fsp3) is 0.533. The molecule has 0 spiro atoms. The largest absolute Gasteiger partial charge is 0.478 e. The maximum Gasteiger partial charge on any atom is 0.337 e. The normalized spacial score (nSPS) is 15.7. The molecule has 2 rings (SSSR count). The molecular weight excluding hydrogens is 270 g/mol. The number of aryl methyl sites for hydroxylation is 1. The highest BCUT2D eigenvalue weighted by molar-refractivity contribution is 5.94. The predicted octanol–water partition coefficient (Wildman–Crippen LogP) is 1.30. The number of amides is 1. The maximum absolute atomic E-state index is 12.0. The number of rotatable bonds is 5. The van der Waals surface area contributed by atoms with Crippen LogP contribution in [-0.2, 0) is 0 Å². The third-order valence-electron chi connectivity index (χ3n) is 3.71. The minimum atomic E-state index is -1.03. The smallest absolute Gasteiger partial charge is 0.337 e. The molecule has 1 fully saturated rings. The number of carboxylic acid groups (broad SMARTS) is 1. The van der Waals surface area contributed by atoms with E-state index in [2.05, 4.69) is 15.2 Å². The summed E-state index contributed by atoms with van der Waals surface area (Å²) in [5.41, 5.74) is 0.738. The van der Waals surface area contributed by atoms with Crippen LogP contribution in [0.4, 0.5) is 0 Å². The highest BCUT2D eigenvalue weighted by atomic mass is 16.4. The molecule has 0 radical (unpaired) electrons. The quantitative estimate of drug-likeness (QED) is 0.854. The van der Waals surface area contributed by atoms with Crippen molar-refractivity contribution >= 4 is 11.9 Å². The summed E-state index contributed by atoms with van der Waals surface area (Å²) < 4.78 is 0. The zero-order valence-electron chi connectivity index (χ0n) is 12.3. The second-order valence-corrected chi connectivity index (χ2v) is 5.29. The van der Waals surface area contributed by atoms with E-state index < -0.39 is 5.97 Å². The monoisotopic (exact) mass is 291 g/mol. The predicted molar refractivity (Wildman–Crippen MR) is 78.6 cm³/mol. The number of likely N-dealkylation sites (tertiary alicyclic amines) is 1. The van der Waals surface area contributed by atoms with E-state index in [0.717, 1.165) is 19.6 Å². The van der Waals surface area contributed by atoms with Crippen molar-refractivity contribution in [1.82, 2.24) is 15.2 Å². The molecule has 0 saturated carbocycles. The van der Waals surface area contributed by atoms with Crippen LogP contribution in [0.5, 0.6) is 0 Å². The first-order chi connectivity index (χ1) is 10.1. The minimum absolute atomic E-state index is 0.125. The van der Waals surface area contributed by atoms with Crippen molar-refractivity contribution in [3.8, 4) is 0 Å². The van der Waals surface area contributed by atoms with Crippen LogP contribution in [0.2, 0.25) is 0 Å². The van der Waals surface area contributed by atoms with Crippen molar-refractivity contribution in [1.29, 1.82) is 0 Å².